The molecule has 1 aromatic rings. The molecule has 0 heterocycles. The van der Waals surface area contributed by atoms with Crippen molar-refractivity contribution in [3.63, 3.8) is 0 Å². The Labute approximate surface area is 62.7 Å². The van der Waals surface area contributed by atoms with E-state index in [1.165, 1.54) is 0 Å². The van der Waals surface area contributed by atoms with E-state index in [-0.39, 0.29) is 0 Å². The van der Waals surface area contributed by atoms with E-state index in [4.69, 9.17) is 5.21 Å². The fourth-order valence-corrected chi connectivity index (χ4v) is 0.931. The summed E-state index contributed by atoms with van der Waals surface area (Å²) in [5, 5.41) is 8.94. The Bertz CT molecular complexity index is 225. The molecule has 3 heteroatoms. The van der Waals surface area contributed by atoms with Crippen LogP contribution in [0.2, 0.25) is 0 Å². The van der Waals surface area contributed by atoms with Gasteiger partial charge in [0, 0.05) is 0 Å². The van der Waals surface area contributed by atoms with Crippen molar-refractivity contribution >= 4 is 15.1 Å². The Hall–Kier alpha value is -0.590. The summed E-state index contributed by atoms with van der Waals surface area (Å²) in [5.74, 6) is 0. The number of benzene rings is 1. The summed E-state index contributed by atoms with van der Waals surface area (Å²) in [6.07, 6.45) is 0. The monoisotopic (exact) mass is 155 g/mol. The van der Waals surface area contributed by atoms with Gasteiger partial charge >= 0.3 is 0 Å². The molecule has 0 aliphatic rings. The molecule has 1 rings (SSSR count). The molecule has 0 aliphatic carbocycles. The van der Waals surface area contributed by atoms with Crippen LogP contribution < -0.4 is 4.83 Å². The van der Waals surface area contributed by atoms with Gasteiger partial charge in [0.2, 0.25) is 0 Å². The first kappa shape index (κ1) is 7.52. The molecule has 0 bridgehead atoms. The smallest absolute Gasteiger partial charge is 0.0671 e. The van der Waals surface area contributed by atoms with E-state index in [1.54, 1.807) is 0 Å². The van der Waals surface area contributed by atoms with E-state index in [2.05, 4.69) is 9.39 Å². The summed E-state index contributed by atoms with van der Waals surface area (Å²) in [5.41, 5.74) is 1.92. The van der Waals surface area contributed by atoms with Crippen molar-refractivity contribution in [2.45, 2.75) is 6.92 Å². The third kappa shape index (κ3) is 1.69. The zero-order valence-electron chi connectivity index (χ0n) is 5.78. The highest BCUT2D eigenvalue weighted by atomic mass is 31.0. The molecular formula is C7H10NOP. The Kier molecular flexibility index (Phi) is 2.25. The van der Waals surface area contributed by atoms with Crippen molar-refractivity contribution in [3.05, 3.63) is 29.8 Å². The summed E-state index contributed by atoms with van der Waals surface area (Å²) < 4.78 is 0. The van der Waals surface area contributed by atoms with Crippen LogP contribution in [0.5, 0.6) is 0 Å². The topological polar surface area (TPSA) is 23.5 Å². The third-order valence-corrected chi connectivity index (χ3v) is 1.56. The molecule has 1 unspecified atom stereocenters. The molecule has 0 radical (unpaired) electrons. The zero-order valence-corrected chi connectivity index (χ0v) is 6.94. The number of anilines is 1. The minimum atomic E-state index is 0.782. The molecule has 0 amide bonds. The van der Waals surface area contributed by atoms with Gasteiger partial charge in [-0.15, -0.1) is 0 Å². The van der Waals surface area contributed by atoms with Crippen LogP contribution in [0, 0.1) is 6.92 Å². The molecule has 1 aromatic carbocycles. The predicted molar refractivity (Wildman–Crippen MR) is 45.2 cm³/mol. The number of rotatable bonds is 1. The van der Waals surface area contributed by atoms with Crippen molar-refractivity contribution in [3.8, 4) is 0 Å². The predicted octanol–water partition coefficient (Wildman–Crippen LogP) is 1.98. The van der Waals surface area contributed by atoms with Crippen molar-refractivity contribution in [1.82, 2.24) is 0 Å². The highest BCUT2D eigenvalue weighted by molar-refractivity contribution is 7.18. The van der Waals surface area contributed by atoms with Crippen molar-refractivity contribution in [2.24, 2.45) is 0 Å². The summed E-state index contributed by atoms with van der Waals surface area (Å²) in [6, 6.07) is 7.61. The van der Waals surface area contributed by atoms with Crippen LogP contribution in [0.25, 0.3) is 0 Å². The average Bonchev–Trinajstić information content (AvgIpc) is 1.88. The van der Waals surface area contributed by atoms with Crippen LogP contribution in [0.1, 0.15) is 5.56 Å². The molecule has 0 aromatic heterocycles. The molecular weight excluding hydrogens is 145 g/mol. The molecule has 0 aliphatic heterocycles. The Morgan fingerprint density at radius 1 is 1.50 bits per heavy atom. The van der Waals surface area contributed by atoms with Crippen molar-refractivity contribution in [1.29, 1.82) is 0 Å². The molecule has 2 nitrogen and oxygen atoms in total. The van der Waals surface area contributed by atoms with Gasteiger partial charge in [0.05, 0.1) is 5.69 Å². The first-order valence-electron chi connectivity index (χ1n) is 3.00. The Morgan fingerprint density at radius 3 is 2.60 bits per heavy atom. The minimum Gasteiger partial charge on any atom is -0.286 e. The number of aryl methyl sites for hydroxylation is 1. The highest BCUT2D eigenvalue weighted by Gasteiger charge is 1.93. The van der Waals surface area contributed by atoms with Gasteiger partial charge in [-0.25, -0.2) is 4.83 Å². The van der Waals surface area contributed by atoms with Crippen LogP contribution in [0.15, 0.2) is 24.3 Å². The van der Waals surface area contributed by atoms with E-state index < -0.39 is 0 Å². The fraction of sp³-hybridized carbons (Fsp3) is 0.143. The van der Waals surface area contributed by atoms with Crippen molar-refractivity contribution < 1.29 is 5.21 Å². The number of nitrogens with zero attached hydrogens (tertiary/aromatic N) is 1. The van der Waals surface area contributed by atoms with Crippen LogP contribution >= 0.6 is 9.39 Å². The fourth-order valence-electron chi connectivity index (χ4n) is 0.770. The second-order valence-electron chi connectivity index (χ2n) is 2.18. The quantitative estimate of drug-likeness (QED) is 0.495. The number of hydrogen-bond acceptors (Lipinski definition) is 2. The Balaban J connectivity index is 2.96. The SMILES string of the molecule is Cc1cccc(N(O)P)c1. The molecule has 0 spiro atoms. The zero-order chi connectivity index (χ0) is 7.56. The van der Waals surface area contributed by atoms with E-state index in [1.807, 2.05) is 31.2 Å². The second kappa shape index (κ2) is 3.00. The molecule has 0 fully saturated rings. The first-order chi connectivity index (χ1) is 4.70. The molecule has 1 atom stereocenters. The standard InChI is InChI=1S/C7H10NOP/c1-6-3-2-4-7(5-6)8(9)10/h2-5,9H,10H2,1H3. The lowest BCUT2D eigenvalue weighted by molar-refractivity contribution is 0.331. The third-order valence-electron chi connectivity index (χ3n) is 1.27. The molecule has 0 saturated carbocycles. The average molecular weight is 155 g/mol. The molecule has 54 valence electrons. The summed E-state index contributed by atoms with van der Waals surface area (Å²) in [7, 11) is 2.18. The second-order valence-corrected chi connectivity index (χ2v) is 2.67. The summed E-state index contributed by atoms with van der Waals surface area (Å²) in [6.45, 7) is 1.98. The maximum Gasteiger partial charge on any atom is 0.0671 e. The van der Waals surface area contributed by atoms with Gasteiger partial charge < -0.3 is 0 Å². The van der Waals surface area contributed by atoms with Gasteiger partial charge in [0.1, 0.15) is 0 Å². The van der Waals surface area contributed by atoms with E-state index in [9.17, 15) is 0 Å². The summed E-state index contributed by atoms with van der Waals surface area (Å²) in [4.78, 5) is 1.02. The van der Waals surface area contributed by atoms with Gasteiger partial charge in [-0.05, 0) is 34.0 Å². The van der Waals surface area contributed by atoms with Crippen LogP contribution in [0.3, 0.4) is 0 Å². The maximum atomic E-state index is 8.94. The lowest BCUT2D eigenvalue weighted by atomic mass is 10.2. The maximum absolute atomic E-state index is 8.94. The van der Waals surface area contributed by atoms with Gasteiger partial charge in [-0.1, -0.05) is 12.1 Å². The van der Waals surface area contributed by atoms with E-state index in [0.717, 1.165) is 16.1 Å². The minimum absolute atomic E-state index is 0.782. The molecule has 0 saturated heterocycles. The normalized spacial score (nSPS) is 9.50. The highest BCUT2D eigenvalue weighted by Crippen LogP contribution is 2.16. The molecule has 1 N–H and O–H groups in total. The largest absolute Gasteiger partial charge is 0.286 e. The lowest BCUT2D eigenvalue weighted by Crippen LogP contribution is -1.99. The van der Waals surface area contributed by atoms with Crippen LogP contribution in [-0.4, -0.2) is 5.21 Å². The first-order valence-corrected chi connectivity index (χ1v) is 3.52. The van der Waals surface area contributed by atoms with E-state index in [0.29, 0.717) is 0 Å². The van der Waals surface area contributed by atoms with Gasteiger partial charge in [0.15, 0.2) is 0 Å². The van der Waals surface area contributed by atoms with E-state index >= 15 is 0 Å². The van der Waals surface area contributed by atoms with Gasteiger partial charge in [-0.2, -0.15) is 0 Å². The van der Waals surface area contributed by atoms with Crippen LogP contribution in [0.4, 0.5) is 5.69 Å². The lowest BCUT2D eigenvalue weighted by Gasteiger charge is -2.09. The number of hydrogen-bond donors (Lipinski definition) is 1. The summed E-state index contributed by atoms with van der Waals surface area (Å²) >= 11 is 0. The Morgan fingerprint density at radius 2 is 2.20 bits per heavy atom. The molecule has 10 heavy (non-hydrogen) atoms. The van der Waals surface area contributed by atoms with Crippen molar-refractivity contribution in [2.75, 3.05) is 4.83 Å². The van der Waals surface area contributed by atoms with Gasteiger partial charge in [-0.3, -0.25) is 5.21 Å². The van der Waals surface area contributed by atoms with Crippen LogP contribution in [-0.2, 0) is 0 Å². The van der Waals surface area contributed by atoms with Gasteiger partial charge in [0.25, 0.3) is 0 Å².